The molecule has 0 bridgehead atoms. The second kappa shape index (κ2) is 3.78. The molecule has 1 heterocycles. The molecule has 72 valence electrons. The maximum Gasteiger partial charge on any atom is 0.0768 e. The molecule has 1 aliphatic rings. The molecule has 0 amide bonds. The van der Waals surface area contributed by atoms with Crippen molar-refractivity contribution in [3.05, 3.63) is 35.9 Å². The van der Waals surface area contributed by atoms with Crippen molar-refractivity contribution in [3.63, 3.8) is 0 Å². The molecule has 1 saturated heterocycles. The monoisotopic (exact) mass is 185 g/mol. The molecule has 0 saturated carbocycles. The van der Waals surface area contributed by atoms with Crippen LogP contribution in [-0.4, -0.2) is 32.9 Å². The molecule has 14 heavy (non-hydrogen) atoms. The van der Waals surface area contributed by atoms with Crippen molar-refractivity contribution >= 4 is 7.85 Å². The van der Waals surface area contributed by atoms with Crippen molar-refractivity contribution in [2.24, 2.45) is 0 Å². The number of hydrogen-bond donors (Lipinski definition) is 0. The standard InChI is InChI=1S/C12H16BN/c1-14-8-7-12(13,10-14)9-11-5-3-2-4-6-11/h2-6H,7-10H2,1H3. The summed E-state index contributed by atoms with van der Waals surface area (Å²) in [5.41, 5.74) is 1.35. The number of nitrogens with zero attached hydrogens (tertiary/aromatic N) is 1. The van der Waals surface area contributed by atoms with Gasteiger partial charge in [0.05, 0.1) is 7.85 Å². The summed E-state index contributed by atoms with van der Waals surface area (Å²) < 4.78 is 0. The highest BCUT2D eigenvalue weighted by molar-refractivity contribution is 6.15. The molecule has 1 aliphatic heterocycles. The van der Waals surface area contributed by atoms with Crippen LogP contribution in [0.5, 0.6) is 0 Å². The smallest absolute Gasteiger partial charge is 0.0768 e. The largest absolute Gasteiger partial charge is 0.307 e. The lowest BCUT2D eigenvalue weighted by atomic mass is 9.64. The minimum Gasteiger partial charge on any atom is -0.307 e. The Morgan fingerprint density at radius 3 is 2.64 bits per heavy atom. The van der Waals surface area contributed by atoms with E-state index in [1.54, 1.807) is 0 Å². The molecule has 2 rings (SSSR count). The first-order valence-corrected chi connectivity index (χ1v) is 5.19. The van der Waals surface area contributed by atoms with Gasteiger partial charge in [0.1, 0.15) is 0 Å². The third-order valence-electron chi connectivity index (χ3n) is 2.98. The molecule has 1 aromatic carbocycles. The lowest BCUT2D eigenvalue weighted by Gasteiger charge is -2.24. The van der Waals surface area contributed by atoms with Crippen LogP contribution in [0, 0.1) is 0 Å². The van der Waals surface area contributed by atoms with Gasteiger partial charge in [0.2, 0.25) is 0 Å². The molecule has 1 unspecified atom stereocenters. The van der Waals surface area contributed by atoms with Crippen LogP contribution in [0.25, 0.3) is 0 Å². The fourth-order valence-electron chi connectivity index (χ4n) is 2.26. The van der Waals surface area contributed by atoms with Gasteiger partial charge in [-0.3, -0.25) is 0 Å². The maximum atomic E-state index is 6.34. The minimum absolute atomic E-state index is 0.00387. The molecule has 2 radical (unpaired) electrons. The average Bonchev–Trinajstić information content (AvgIpc) is 2.47. The van der Waals surface area contributed by atoms with E-state index in [9.17, 15) is 0 Å². The summed E-state index contributed by atoms with van der Waals surface area (Å²) in [6, 6.07) is 10.5. The van der Waals surface area contributed by atoms with Gasteiger partial charge >= 0.3 is 0 Å². The predicted octanol–water partition coefficient (Wildman–Crippen LogP) is 1.89. The average molecular weight is 185 g/mol. The van der Waals surface area contributed by atoms with E-state index < -0.39 is 0 Å². The van der Waals surface area contributed by atoms with E-state index in [0.717, 1.165) is 25.9 Å². The number of rotatable bonds is 2. The summed E-state index contributed by atoms with van der Waals surface area (Å²) in [4.78, 5) is 2.31. The van der Waals surface area contributed by atoms with Crippen LogP contribution < -0.4 is 0 Å². The van der Waals surface area contributed by atoms with Crippen LogP contribution in [0.4, 0.5) is 0 Å². The predicted molar refractivity (Wildman–Crippen MR) is 60.7 cm³/mol. The van der Waals surface area contributed by atoms with Crippen LogP contribution in [0.1, 0.15) is 12.0 Å². The highest BCUT2D eigenvalue weighted by atomic mass is 15.1. The van der Waals surface area contributed by atoms with E-state index in [2.05, 4.69) is 36.2 Å². The third kappa shape index (κ3) is 2.18. The molecule has 0 spiro atoms. The quantitative estimate of drug-likeness (QED) is 0.636. The molecular weight excluding hydrogens is 169 g/mol. The molecular formula is C12H16BN. The summed E-state index contributed by atoms with van der Waals surface area (Å²) in [5.74, 6) is 0. The van der Waals surface area contributed by atoms with E-state index in [-0.39, 0.29) is 5.31 Å². The fourth-order valence-corrected chi connectivity index (χ4v) is 2.26. The Kier molecular flexibility index (Phi) is 2.64. The van der Waals surface area contributed by atoms with Crippen molar-refractivity contribution in [1.82, 2.24) is 4.90 Å². The lowest BCUT2D eigenvalue weighted by Crippen LogP contribution is -2.21. The normalized spacial score (nSPS) is 28.1. The molecule has 1 fully saturated rings. The Morgan fingerprint density at radius 1 is 1.36 bits per heavy atom. The number of benzene rings is 1. The van der Waals surface area contributed by atoms with E-state index in [1.807, 2.05) is 6.07 Å². The Balaban J connectivity index is 2.04. The Bertz CT molecular complexity index is 298. The molecule has 0 aromatic heterocycles. The van der Waals surface area contributed by atoms with E-state index >= 15 is 0 Å². The second-order valence-corrected chi connectivity index (χ2v) is 4.51. The van der Waals surface area contributed by atoms with Crippen LogP contribution in [0.15, 0.2) is 30.3 Å². The summed E-state index contributed by atoms with van der Waals surface area (Å²) in [6.07, 6.45) is 2.11. The minimum atomic E-state index is -0.00387. The van der Waals surface area contributed by atoms with Crippen LogP contribution >= 0.6 is 0 Å². The first-order valence-electron chi connectivity index (χ1n) is 5.19. The zero-order valence-corrected chi connectivity index (χ0v) is 8.74. The summed E-state index contributed by atoms with van der Waals surface area (Å²) in [7, 11) is 8.48. The van der Waals surface area contributed by atoms with Crippen molar-refractivity contribution in [1.29, 1.82) is 0 Å². The van der Waals surface area contributed by atoms with E-state index in [0.29, 0.717) is 0 Å². The molecule has 0 aliphatic carbocycles. The van der Waals surface area contributed by atoms with E-state index in [4.69, 9.17) is 7.85 Å². The van der Waals surface area contributed by atoms with Crippen molar-refractivity contribution in [3.8, 4) is 0 Å². The molecule has 1 nitrogen and oxygen atoms in total. The first kappa shape index (κ1) is 9.79. The van der Waals surface area contributed by atoms with Gasteiger partial charge in [-0.15, -0.1) is 0 Å². The Labute approximate surface area is 87.5 Å². The maximum absolute atomic E-state index is 6.34. The second-order valence-electron chi connectivity index (χ2n) is 4.51. The summed E-state index contributed by atoms with van der Waals surface area (Å²) in [5, 5.41) is -0.00387. The van der Waals surface area contributed by atoms with Crippen LogP contribution in [0.3, 0.4) is 0 Å². The third-order valence-corrected chi connectivity index (χ3v) is 2.98. The zero-order chi connectivity index (χ0) is 10.0. The SMILES string of the molecule is [B]C1(Cc2ccccc2)CCN(C)C1. The van der Waals surface area contributed by atoms with E-state index in [1.165, 1.54) is 5.56 Å². The van der Waals surface area contributed by atoms with Gasteiger partial charge in [-0.05, 0) is 43.9 Å². The topological polar surface area (TPSA) is 3.24 Å². The van der Waals surface area contributed by atoms with Gasteiger partial charge in [-0.2, -0.15) is 0 Å². The number of likely N-dealkylation sites (tertiary alicyclic amines) is 1. The van der Waals surface area contributed by atoms with Gasteiger partial charge in [0, 0.05) is 0 Å². The van der Waals surface area contributed by atoms with Crippen molar-refractivity contribution in [2.45, 2.75) is 18.2 Å². The number of hydrogen-bond acceptors (Lipinski definition) is 1. The summed E-state index contributed by atoms with van der Waals surface area (Å²) >= 11 is 0. The van der Waals surface area contributed by atoms with Crippen molar-refractivity contribution in [2.75, 3.05) is 20.1 Å². The zero-order valence-electron chi connectivity index (χ0n) is 8.74. The van der Waals surface area contributed by atoms with Gasteiger partial charge in [-0.25, -0.2) is 0 Å². The van der Waals surface area contributed by atoms with Gasteiger partial charge in [0.25, 0.3) is 0 Å². The van der Waals surface area contributed by atoms with Gasteiger partial charge < -0.3 is 4.90 Å². The lowest BCUT2D eigenvalue weighted by molar-refractivity contribution is 0.399. The van der Waals surface area contributed by atoms with Crippen LogP contribution in [0.2, 0.25) is 5.31 Å². The molecule has 2 heteroatoms. The molecule has 1 atom stereocenters. The van der Waals surface area contributed by atoms with Crippen molar-refractivity contribution < 1.29 is 0 Å². The highest BCUT2D eigenvalue weighted by Gasteiger charge is 2.31. The summed E-state index contributed by atoms with van der Waals surface area (Å²) in [6.45, 7) is 2.14. The van der Waals surface area contributed by atoms with Gasteiger partial charge in [-0.1, -0.05) is 30.3 Å². The Hall–Kier alpha value is -0.755. The van der Waals surface area contributed by atoms with Crippen LogP contribution in [-0.2, 0) is 6.42 Å². The molecule has 1 aromatic rings. The van der Waals surface area contributed by atoms with Gasteiger partial charge in [0.15, 0.2) is 0 Å². The fraction of sp³-hybridized carbons (Fsp3) is 0.500. The highest BCUT2D eigenvalue weighted by Crippen LogP contribution is 2.36. The molecule has 0 N–H and O–H groups in total. The Morgan fingerprint density at radius 2 is 2.07 bits per heavy atom. The first-order chi connectivity index (χ1) is 6.68.